The molecule has 0 bridgehead atoms. The highest BCUT2D eigenvalue weighted by molar-refractivity contribution is 5.97. The standard InChI is InChI=1S/C18H16N4O4/c1-2-25-14-10-12(15-16(17(19)23)21-22-20-15)8-9-13(14)26-18(24)11-6-4-3-5-7-11/h3-10H,2H2,1H3,(H2,19,23)(H,20,21,22). The smallest absolute Gasteiger partial charge is 0.343 e. The zero-order chi connectivity index (χ0) is 18.5. The summed E-state index contributed by atoms with van der Waals surface area (Å²) in [6, 6.07) is 13.4. The van der Waals surface area contributed by atoms with Crippen molar-refractivity contribution in [3.63, 3.8) is 0 Å². The molecule has 0 aliphatic rings. The number of benzene rings is 2. The molecule has 1 heterocycles. The molecule has 1 amide bonds. The lowest BCUT2D eigenvalue weighted by molar-refractivity contribution is 0.0728. The number of hydrogen-bond donors (Lipinski definition) is 2. The van der Waals surface area contributed by atoms with E-state index in [0.29, 0.717) is 29.2 Å². The molecule has 8 nitrogen and oxygen atoms in total. The van der Waals surface area contributed by atoms with Gasteiger partial charge in [-0.1, -0.05) is 18.2 Å². The fraction of sp³-hybridized carbons (Fsp3) is 0.111. The van der Waals surface area contributed by atoms with Gasteiger partial charge in [-0.05, 0) is 37.3 Å². The second-order valence-electron chi connectivity index (χ2n) is 5.24. The Bertz CT molecular complexity index is 937. The van der Waals surface area contributed by atoms with E-state index in [1.54, 1.807) is 49.4 Å². The number of aromatic amines is 1. The lowest BCUT2D eigenvalue weighted by atomic mass is 10.1. The lowest BCUT2D eigenvalue weighted by Gasteiger charge is -2.12. The second kappa shape index (κ2) is 7.47. The summed E-state index contributed by atoms with van der Waals surface area (Å²) < 4.78 is 11.0. The number of amides is 1. The van der Waals surface area contributed by atoms with Gasteiger partial charge in [0.2, 0.25) is 0 Å². The molecule has 3 rings (SSSR count). The van der Waals surface area contributed by atoms with E-state index in [-0.39, 0.29) is 11.4 Å². The molecule has 1 aromatic heterocycles. The number of rotatable bonds is 6. The Morgan fingerprint density at radius 3 is 2.54 bits per heavy atom. The van der Waals surface area contributed by atoms with E-state index in [1.165, 1.54) is 0 Å². The minimum Gasteiger partial charge on any atom is -0.490 e. The highest BCUT2D eigenvalue weighted by atomic mass is 16.6. The number of carbonyl (C=O) groups excluding carboxylic acids is 2. The molecule has 3 N–H and O–H groups in total. The molecule has 0 spiro atoms. The number of carbonyl (C=O) groups is 2. The van der Waals surface area contributed by atoms with Crippen LogP contribution in [0, 0.1) is 0 Å². The molecule has 0 radical (unpaired) electrons. The maximum absolute atomic E-state index is 12.3. The van der Waals surface area contributed by atoms with Crippen LogP contribution in [-0.2, 0) is 0 Å². The maximum atomic E-state index is 12.3. The minimum atomic E-state index is -0.703. The Morgan fingerprint density at radius 2 is 1.85 bits per heavy atom. The highest BCUT2D eigenvalue weighted by Crippen LogP contribution is 2.33. The molecule has 0 saturated carbocycles. The number of aromatic nitrogens is 3. The van der Waals surface area contributed by atoms with Gasteiger partial charge in [-0.15, -0.1) is 0 Å². The van der Waals surface area contributed by atoms with Crippen LogP contribution in [0.15, 0.2) is 48.5 Å². The first-order valence-corrected chi connectivity index (χ1v) is 7.85. The Labute approximate surface area is 148 Å². The summed E-state index contributed by atoms with van der Waals surface area (Å²) in [7, 11) is 0. The van der Waals surface area contributed by atoms with Crippen LogP contribution in [-0.4, -0.2) is 33.9 Å². The highest BCUT2D eigenvalue weighted by Gasteiger charge is 2.18. The van der Waals surface area contributed by atoms with Crippen LogP contribution in [0.2, 0.25) is 0 Å². The van der Waals surface area contributed by atoms with Gasteiger partial charge >= 0.3 is 5.97 Å². The maximum Gasteiger partial charge on any atom is 0.343 e. The van der Waals surface area contributed by atoms with Crippen LogP contribution in [0.25, 0.3) is 11.3 Å². The van der Waals surface area contributed by atoms with Crippen LogP contribution in [0.3, 0.4) is 0 Å². The Hall–Kier alpha value is -3.68. The van der Waals surface area contributed by atoms with Crippen LogP contribution >= 0.6 is 0 Å². The number of nitrogens with two attached hydrogens (primary N) is 1. The van der Waals surface area contributed by atoms with Crippen molar-refractivity contribution < 1.29 is 19.1 Å². The van der Waals surface area contributed by atoms with Gasteiger partial charge in [0.15, 0.2) is 17.2 Å². The third-order valence-electron chi connectivity index (χ3n) is 3.51. The number of H-pyrrole nitrogens is 1. The van der Waals surface area contributed by atoms with Crippen molar-refractivity contribution in [2.75, 3.05) is 6.61 Å². The van der Waals surface area contributed by atoms with Gasteiger partial charge in [-0.2, -0.15) is 15.4 Å². The van der Waals surface area contributed by atoms with E-state index in [1.807, 2.05) is 6.07 Å². The molecule has 0 unspecified atom stereocenters. The quantitative estimate of drug-likeness (QED) is 0.518. The minimum absolute atomic E-state index is 0.0153. The number of nitrogens with one attached hydrogen (secondary N) is 1. The molecule has 0 saturated heterocycles. The van der Waals surface area contributed by atoms with Gasteiger partial charge < -0.3 is 15.2 Å². The van der Waals surface area contributed by atoms with E-state index in [4.69, 9.17) is 15.2 Å². The Morgan fingerprint density at radius 1 is 1.08 bits per heavy atom. The second-order valence-corrected chi connectivity index (χ2v) is 5.24. The largest absolute Gasteiger partial charge is 0.490 e. The topological polar surface area (TPSA) is 120 Å². The van der Waals surface area contributed by atoms with Crippen molar-refractivity contribution in [1.29, 1.82) is 0 Å². The molecule has 3 aromatic rings. The van der Waals surface area contributed by atoms with E-state index in [9.17, 15) is 9.59 Å². The van der Waals surface area contributed by atoms with Gasteiger partial charge in [0.1, 0.15) is 5.69 Å². The normalized spacial score (nSPS) is 10.3. The van der Waals surface area contributed by atoms with Crippen molar-refractivity contribution in [2.45, 2.75) is 6.92 Å². The monoisotopic (exact) mass is 352 g/mol. The van der Waals surface area contributed by atoms with Gasteiger partial charge in [-0.25, -0.2) is 4.79 Å². The average Bonchev–Trinajstić information content (AvgIpc) is 3.14. The third-order valence-corrected chi connectivity index (χ3v) is 3.51. The van der Waals surface area contributed by atoms with Gasteiger partial charge in [0.05, 0.1) is 12.2 Å². The molecule has 0 aliphatic heterocycles. The predicted octanol–water partition coefficient (Wildman–Crippen LogP) is 2.19. The first-order chi connectivity index (χ1) is 12.6. The fourth-order valence-electron chi connectivity index (χ4n) is 2.34. The summed E-state index contributed by atoms with van der Waals surface area (Å²) >= 11 is 0. The molecular weight excluding hydrogens is 336 g/mol. The zero-order valence-electron chi connectivity index (χ0n) is 13.9. The number of primary amides is 1. The summed E-state index contributed by atoms with van der Waals surface area (Å²) in [6.45, 7) is 2.17. The van der Waals surface area contributed by atoms with Crippen molar-refractivity contribution in [3.8, 4) is 22.8 Å². The molecule has 0 fully saturated rings. The van der Waals surface area contributed by atoms with Gasteiger partial charge in [0.25, 0.3) is 5.91 Å². The lowest BCUT2D eigenvalue weighted by Crippen LogP contribution is -2.13. The van der Waals surface area contributed by atoms with Gasteiger partial charge in [0, 0.05) is 5.56 Å². The van der Waals surface area contributed by atoms with E-state index in [0.717, 1.165) is 0 Å². The van der Waals surface area contributed by atoms with Gasteiger partial charge in [-0.3, -0.25) is 4.79 Å². The fourth-order valence-corrected chi connectivity index (χ4v) is 2.34. The summed E-state index contributed by atoms with van der Waals surface area (Å²) in [6.07, 6.45) is 0. The Kier molecular flexibility index (Phi) is 4.93. The van der Waals surface area contributed by atoms with Crippen LogP contribution in [0.4, 0.5) is 0 Å². The molecule has 0 aliphatic carbocycles. The summed E-state index contributed by atoms with van der Waals surface area (Å²) in [5, 5.41) is 10.1. The van der Waals surface area contributed by atoms with Crippen LogP contribution in [0.1, 0.15) is 27.8 Å². The van der Waals surface area contributed by atoms with Crippen molar-refractivity contribution in [2.24, 2.45) is 5.73 Å². The van der Waals surface area contributed by atoms with Crippen LogP contribution in [0.5, 0.6) is 11.5 Å². The SMILES string of the molecule is CCOc1cc(-c2n[nH]nc2C(N)=O)ccc1OC(=O)c1ccccc1. The first-order valence-electron chi connectivity index (χ1n) is 7.85. The predicted molar refractivity (Wildman–Crippen MR) is 92.9 cm³/mol. The van der Waals surface area contributed by atoms with Crippen LogP contribution < -0.4 is 15.2 Å². The molecule has 0 atom stereocenters. The van der Waals surface area contributed by atoms with E-state index in [2.05, 4.69) is 15.4 Å². The zero-order valence-corrected chi connectivity index (χ0v) is 13.9. The Balaban J connectivity index is 1.93. The first kappa shape index (κ1) is 17.2. The summed E-state index contributed by atoms with van der Waals surface area (Å²) in [5.41, 5.74) is 6.57. The molecule has 2 aromatic carbocycles. The molecular formula is C18H16N4O4. The van der Waals surface area contributed by atoms with E-state index < -0.39 is 11.9 Å². The van der Waals surface area contributed by atoms with Crippen molar-refractivity contribution in [1.82, 2.24) is 15.4 Å². The van der Waals surface area contributed by atoms with Crippen molar-refractivity contribution in [3.05, 3.63) is 59.8 Å². The molecule has 132 valence electrons. The summed E-state index contributed by atoms with van der Waals surface area (Å²) in [5.74, 6) is -0.605. The average molecular weight is 352 g/mol. The number of nitrogens with zero attached hydrogens (tertiary/aromatic N) is 2. The number of hydrogen-bond acceptors (Lipinski definition) is 6. The molecule has 8 heteroatoms. The third kappa shape index (κ3) is 3.54. The number of ether oxygens (including phenoxy) is 2. The molecule has 26 heavy (non-hydrogen) atoms. The number of esters is 1. The van der Waals surface area contributed by atoms with E-state index >= 15 is 0 Å². The summed E-state index contributed by atoms with van der Waals surface area (Å²) in [4.78, 5) is 23.7. The van der Waals surface area contributed by atoms with Crippen molar-refractivity contribution >= 4 is 11.9 Å².